The van der Waals surface area contributed by atoms with E-state index in [1.807, 2.05) is 0 Å². The highest BCUT2D eigenvalue weighted by atomic mass is 16.5. The van der Waals surface area contributed by atoms with Crippen molar-refractivity contribution >= 4 is 11.7 Å². The zero-order valence-electron chi connectivity index (χ0n) is 11.0. The number of phenolic OH excluding ortho intramolecular Hbond substituents is 1. The third-order valence-electron chi connectivity index (χ3n) is 2.68. The Bertz CT molecular complexity index is 625. The van der Waals surface area contributed by atoms with Crippen molar-refractivity contribution in [2.75, 3.05) is 12.8 Å². The van der Waals surface area contributed by atoms with Crippen LogP contribution < -0.4 is 10.5 Å². The number of methoxy groups -OCH3 is 1. The summed E-state index contributed by atoms with van der Waals surface area (Å²) < 4.78 is 10.2. The SMILES string of the molecule is COc1cc(N)cc(C(=O)OCc2cccc(O)c2)c1. The van der Waals surface area contributed by atoms with Crippen LogP contribution >= 0.6 is 0 Å². The fourth-order valence-electron chi connectivity index (χ4n) is 1.74. The van der Waals surface area contributed by atoms with Gasteiger partial charge in [0.25, 0.3) is 0 Å². The van der Waals surface area contributed by atoms with E-state index in [1.54, 1.807) is 30.3 Å². The predicted molar refractivity (Wildman–Crippen MR) is 74.6 cm³/mol. The first-order valence-corrected chi connectivity index (χ1v) is 5.98. The Labute approximate surface area is 116 Å². The maximum atomic E-state index is 11.9. The van der Waals surface area contributed by atoms with Crippen LogP contribution in [0.15, 0.2) is 42.5 Å². The van der Waals surface area contributed by atoms with Gasteiger partial charge in [-0.25, -0.2) is 4.79 Å². The summed E-state index contributed by atoms with van der Waals surface area (Å²) in [5, 5.41) is 9.33. The summed E-state index contributed by atoms with van der Waals surface area (Å²) in [6, 6.07) is 11.2. The van der Waals surface area contributed by atoms with Gasteiger partial charge in [0.05, 0.1) is 12.7 Å². The van der Waals surface area contributed by atoms with Gasteiger partial charge in [-0.1, -0.05) is 12.1 Å². The molecule has 104 valence electrons. The molecule has 0 spiro atoms. The molecule has 20 heavy (non-hydrogen) atoms. The summed E-state index contributed by atoms with van der Waals surface area (Å²) in [6.07, 6.45) is 0. The molecule has 5 nitrogen and oxygen atoms in total. The number of anilines is 1. The third-order valence-corrected chi connectivity index (χ3v) is 2.68. The van der Waals surface area contributed by atoms with E-state index in [1.165, 1.54) is 19.2 Å². The van der Waals surface area contributed by atoms with Crippen molar-refractivity contribution < 1.29 is 19.4 Å². The molecule has 2 aromatic carbocycles. The van der Waals surface area contributed by atoms with Gasteiger partial charge in [-0.2, -0.15) is 0 Å². The molecule has 0 fully saturated rings. The van der Waals surface area contributed by atoms with Crippen LogP contribution in [0.3, 0.4) is 0 Å². The second kappa shape index (κ2) is 5.97. The molecule has 0 saturated heterocycles. The number of benzene rings is 2. The lowest BCUT2D eigenvalue weighted by molar-refractivity contribution is 0.0472. The van der Waals surface area contributed by atoms with E-state index in [4.69, 9.17) is 15.2 Å². The summed E-state index contributed by atoms with van der Waals surface area (Å²) >= 11 is 0. The van der Waals surface area contributed by atoms with Crippen LogP contribution in [0.4, 0.5) is 5.69 Å². The van der Waals surface area contributed by atoms with E-state index in [9.17, 15) is 9.90 Å². The van der Waals surface area contributed by atoms with E-state index in [2.05, 4.69) is 0 Å². The standard InChI is InChI=1S/C15H15NO4/c1-19-14-7-11(6-12(16)8-14)15(18)20-9-10-3-2-4-13(17)5-10/h2-8,17H,9,16H2,1H3. The number of nitrogens with two attached hydrogens (primary N) is 1. The number of phenols is 1. The Morgan fingerprint density at radius 2 is 2.05 bits per heavy atom. The van der Waals surface area contributed by atoms with Crippen LogP contribution in [-0.2, 0) is 11.3 Å². The largest absolute Gasteiger partial charge is 0.508 e. The molecule has 0 radical (unpaired) electrons. The molecule has 0 saturated carbocycles. The lowest BCUT2D eigenvalue weighted by Gasteiger charge is -2.08. The molecule has 0 aliphatic heterocycles. The minimum atomic E-state index is -0.501. The van der Waals surface area contributed by atoms with Gasteiger partial charge in [0.2, 0.25) is 0 Å². The van der Waals surface area contributed by atoms with Crippen molar-refractivity contribution in [2.45, 2.75) is 6.61 Å². The highest BCUT2D eigenvalue weighted by Gasteiger charge is 2.10. The summed E-state index contributed by atoms with van der Waals surface area (Å²) in [6.45, 7) is 0.0738. The first kappa shape index (κ1) is 13.7. The van der Waals surface area contributed by atoms with Gasteiger partial charge in [-0.3, -0.25) is 0 Å². The molecule has 0 unspecified atom stereocenters. The van der Waals surface area contributed by atoms with Crippen molar-refractivity contribution in [3.63, 3.8) is 0 Å². The zero-order chi connectivity index (χ0) is 14.5. The Morgan fingerprint density at radius 1 is 1.25 bits per heavy atom. The van der Waals surface area contributed by atoms with Crippen molar-refractivity contribution in [1.82, 2.24) is 0 Å². The summed E-state index contributed by atoms with van der Waals surface area (Å²) in [5.41, 5.74) is 7.13. The monoisotopic (exact) mass is 273 g/mol. The smallest absolute Gasteiger partial charge is 0.338 e. The highest BCUT2D eigenvalue weighted by molar-refractivity contribution is 5.91. The van der Waals surface area contributed by atoms with Crippen LogP contribution in [0.25, 0.3) is 0 Å². The number of aromatic hydroxyl groups is 1. The van der Waals surface area contributed by atoms with Crippen molar-refractivity contribution in [3.8, 4) is 11.5 Å². The minimum Gasteiger partial charge on any atom is -0.508 e. The normalized spacial score (nSPS) is 10.1. The lowest BCUT2D eigenvalue weighted by atomic mass is 10.2. The summed E-state index contributed by atoms with van der Waals surface area (Å²) in [7, 11) is 1.50. The van der Waals surface area contributed by atoms with Crippen molar-refractivity contribution in [3.05, 3.63) is 53.6 Å². The number of carbonyl (C=O) groups is 1. The number of nitrogen functional groups attached to an aromatic ring is 1. The van der Waals surface area contributed by atoms with Crippen molar-refractivity contribution in [1.29, 1.82) is 0 Å². The van der Waals surface area contributed by atoms with Gasteiger partial charge in [-0.05, 0) is 29.8 Å². The average Bonchev–Trinajstić information content (AvgIpc) is 2.44. The number of esters is 1. The van der Waals surface area contributed by atoms with Crippen LogP contribution in [-0.4, -0.2) is 18.2 Å². The molecule has 0 aromatic heterocycles. The Balaban J connectivity index is 2.07. The number of hydrogen-bond acceptors (Lipinski definition) is 5. The van der Waals surface area contributed by atoms with Gasteiger partial charge < -0.3 is 20.3 Å². The lowest BCUT2D eigenvalue weighted by Crippen LogP contribution is -2.06. The summed E-state index contributed by atoms with van der Waals surface area (Å²) in [4.78, 5) is 11.9. The quantitative estimate of drug-likeness (QED) is 0.660. The molecule has 3 N–H and O–H groups in total. The highest BCUT2D eigenvalue weighted by Crippen LogP contribution is 2.20. The maximum Gasteiger partial charge on any atom is 0.338 e. The van der Waals surface area contributed by atoms with Gasteiger partial charge in [-0.15, -0.1) is 0 Å². The predicted octanol–water partition coefficient (Wildman–Crippen LogP) is 2.34. The Morgan fingerprint density at radius 3 is 2.75 bits per heavy atom. The van der Waals surface area contributed by atoms with Gasteiger partial charge in [0.1, 0.15) is 18.1 Å². The molecular formula is C15H15NO4. The minimum absolute atomic E-state index is 0.0738. The first-order valence-electron chi connectivity index (χ1n) is 5.98. The van der Waals surface area contributed by atoms with Crippen LogP contribution in [0.5, 0.6) is 11.5 Å². The van der Waals surface area contributed by atoms with E-state index >= 15 is 0 Å². The van der Waals surface area contributed by atoms with E-state index in [0.717, 1.165) is 0 Å². The van der Waals surface area contributed by atoms with Gasteiger partial charge in [0, 0.05) is 11.8 Å². The molecular weight excluding hydrogens is 258 g/mol. The molecule has 2 rings (SSSR count). The second-order valence-corrected chi connectivity index (χ2v) is 4.24. The van der Waals surface area contributed by atoms with E-state index in [-0.39, 0.29) is 12.4 Å². The Hall–Kier alpha value is -2.69. The average molecular weight is 273 g/mol. The first-order chi connectivity index (χ1) is 9.58. The molecule has 5 heteroatoms. The fraction of sp³-hybridized carbons (Fsp3) is 0.133. The molecule has 0 aliphatic rings. The van der Waals surface area contributed by atoms with Gasteiger partial charge >= 0.3 is 5.97 Å². The topological polar surface area (TPSA) is 81.8 Å². The number of carbonyl (C=O) groups excluding carboxylic acids is 1. The Kier molecular flexibility index (Phi) is 4.10. The van der Waals surface area contributed by atoms with Crippen LogP contribution in [0.1, 0.15) is 15.9 Å². The fourth-order valence-corrected chi connectivity index (χ4v) is 1.74. The van der Waals surface area contributed by atoms with Crippen LogP contribution in [0, 0.1) is 0 Å². The molecule has 0 aliphatic carbocycles. The zero-order valence-corrected chi connectivity index (χ0v) is 11.0. The molecule has 0 amide bonds. The summed E-state index contributed by atoms with van der Waals surface area (Å²) in [5.74, 6) is 0.123. The molecule has 2 aromatic rings. The number of rotatable bonds is 4. The number of hydrogen-bond donors (Lipinski definition) is 2. The van der Waals surface area contributed by atoms with Crippen molar-refractivity contribution in [2.24, 2.45) is 0 Å². The molecule has 0 heterocycles. The maximum absolute atomic E-state index is 11.9. The number of ether oxygens (including phenoxy) is 2. The van der Waals surface area contributed by atoms with E-state index < -0.39 is 5.97 Å². The third kappa shape index (κ3) is 3.41. The van der Waals surface area contributed by atoms with Gasteiger partial charge in [0.15, 0.2) is 0 Å². The van der Waals surface area contributed by atoms with E-state index in [0.29, 0.717) is 22.6 Å². The second-order valence-electron chi connectivity index (χ2n) is 4.24. The molecule has 0 bridgehead atoms. The van der Waals surface area contributed by atoms with Crippen LogP contribution in [0.2, 0.25) is 0 Å². The molecule has 0 atom stereocenters.